The van der Waals surface area contributed by atoms with Gasteiger partial charge >= 0.3 is 0 Å². The Bertz CT molecular complexity index is 509. The van der Waals surface area contributed by atoms with Gasteiger partial charge in [0.15, 0.2) is 0 Å². The van der Waals surface area contributed by atoms with E-state index >= 15 is 0 Å². The first-order chi connectivity index (χ1) is 17.8. The zero-order chi connectivity index (χ0) is 28.2. The van der Waals surface area contributed by atoms with E-state index < -0.39 is 18.1 Å². The Morgan fingerprint density at radius 1 is 0.595 bits per heavy atom. The molecule has 2 atom stereocenters. The maximum atomic E-state index is 11.9. The molecule has 0 aromatic rings. The molecule has 11 heteroatoms. The third-order valence-electron chi connectivity index (χ3n) is 5.77. The molecule has 220 valence electrons. The van der Waals surface area contributed by atoms with E-state index in [1.807, 2.05) is 0 Å². The van der Waals surface area contributed by atoms with Crippen molar-refractivity contribution in [1.29, 1.82) is 0 Å². The summed E-state index contributed by atoms with van der Waals surface area (Å²) >= 11 is 0. The molecule has 2 amide bonds. The molecule has 0 aromatic heterocycles. The topological polar surface area (TPSA) is 212 Å². The average Bonchev–Trinajstić information content (AvgIpc) is 2.85. The van der Waals surface area contributed by atoms with Crippen LogP contribution in [0.5, 0.6) is 0 Å². The van der Waals surface area contributed by atoms with Crippen molar-refractivity contribution in [3.8, 4) is 0 Å². The average molecular weight is 532 g/mol. The second kappa shape index (κ2) is 28.8. The molecule has 0 saturated heterocycles. The number of rotatable bonds is 24. The van der Waals surface area contributed by atoms with Crippen LogP contribution in [0, 0.1) is 0 Å². The first-order valence-electron chi connectivity index (χ1n) is 14.1. The summed E-state index contributed by atoms with van der Waals surface area (Å²) in [5, 5.41) is 16.8. The van der Waals surface area contributed by atoms with Crippen LogP contribution in [0.2, 0.25) is 0 Å². The van der Waals surface area contributed by atoms with Gasteiger partial charge in [-0.05, 0) is 77.5 Å². The van der Waals surface area contributed by atoms with Gasteiger partial charge in [0, 0.05) is 20.0 Å². The number of amides is 2. The highest BCUT2D eigenvalue weighted by molar-refractivity contribution is 5.81. The Morgan fingerprint density at radius 2 is 0.919 bits per heavy atom. The molecule has 0 aliphatic heterocycles. The number of carboxylic acids is 1. The lowest BCUT2D eigenvalue weighted by Gasteiger charge is -2.12. The van der Waals surface area contributed by atoms with Gasteiger partial charge in [-0.25, -0.2) is 0 Å². The molecular weight excluding hydrogens is 474 g/mol. The number of hydrogen-bond donors (Lipinski definition) is 8. The van der Waals surface area contributed by atoms with E-state index in [9.17, 15) is 9.59 Å². The summed E-state index contributed by atoms with van der Waals surface area (Å²) in [6.07, 6.45) is 13.9. The monoisotopic (exact) mass is 531 g/mol. The number of carbonyl (C=O) groups excluding carboxylic acids is 2. The van der Waals surface area contributed by atoms with E-state index in [1.165, 1.54) is 12.8 Å². The van der Waals surface area contributed by atoms with Crippen molar-refractivity contribution in [2.75, 3.05) is 39.3 Å². The van der Waals surface area contributed by atoms with Crippen LogP contribution in [-0.2, 0) is 14.4 Å². The first-order valence-corrected chi connectivity index (χ1v) is 14.1. The van der Waals surface area contributed by atoms with Gasteiger partial charge in [-0.1, -0.05) is 38.5 Å². The van der Waals surface area contributed by atoms with Crippen molar-refractivity contribution >= 4 is 17.8 Å². The van der Waals surface area contributed by atoms with E-state index in [0.717, 1.165) is 84.2 Å². The van der Waals surface area contributed by atoms with Crippen LogP contribution in [0.25, 0.3) is 0 Å². The molecule has 2 unspecified atom stereocenters. The van der Waals surface area contributed by atoms with Crippen LogP contribution in [0.15, 0.2) is 0 Å². The lowest BCUT2D eigenvalue weighted by Crippen LogP contribution is -2.40. The third kappa shape index (κ3) is 30.3. The van der Waals surface area contributed by atoms with Crippen molar-refractivity contribution in [3.63, 3.8) is 0 Å². The summed E-state index contributed by atoms with van der Waals surface area (Å²) in [6.45, 7) is 5.87. The van der Waals surface area contributed by atoms with Crippen LogP contribution >= 0.6 is 0 Å². The largest absolute Gasteiger partial charge is 0.481 e. The van der Waals surface area contributed by atoms with Gasteiger partial charge in [-0.15, -0.1) is 0 Å². The normalized spacial score (nSPS) is 12.2. The summed E-state index contributed by atoms with van der Waals surface area (Å²) in [7, 11) is 0. The van der Waals surface area contributed by atoms with Crippen molar-refractivity contribution in [2.45, 2.75) is 109 Å². The van der Waals surface area contributed by atoms with Crippen LogP contribution < -0.4 is 38.9 Å². The van der Waals surface area contributed by atoms with Crippen molar-refractivity contribution in [2.24, 2.45) is 22.9 Å². The van der Waals surface area contributed by atoms with Crippen molar-refractivity contribution < 1.29 is 19.5 Å². The Labute approximate surface area is 224 Å². The first kappa shape index (κ1) is 37.4. The Morgan fingerprint density at radius 3 is 1.24 bits per heavy atom. The minimum absolute atomic E-state index is 0.0435. The number of unbranched alkanes of at least 4 members (excludes halogenated alkanes) is 8. The molecule has 11 nitrogen and oxygen atoms in total. The maximum absolute atomic E-state index is 11.9. The van der Waals surface area contributed by atoms with Gasteiger partial charge < -0.3 is 44.0 Å². The zero-order valence-corrected chi connectivity index (χ0v) is 23.3. The summed E-state index contributed by atoms with van der Waals surface area (Å²) < 4.78 is 0. The second-order valence-corrected chi connectivity index (χ2v) is 9.46. The van der Waals surface area contributed by atoms with Crippen LogP contribution in [-0.4, -0.2) is 74.2 Å². The SMILES string of the molecule is CC(=O)O.NCCCCC(N)C(=O)NCCCCCCNCCCCCCNC(=O)C(N)CCCCN. The molecule has 12 N–H and O–H groups in total. The predicted molar refractivity (Wildman–Crippen MR) is 151 cm³/mol. The lowest BCUT2D eigenvalue weighted by atomic mass is 10.1. The van der Waals surface area contributed by atoms with Gasteiger partial charge in [0.1, 0.15) is 0 Å². The van der Waals surface area contributed by atoms with Crippen LogP contribution in [0.4, 0.5) is 0 Å². The standard InChI is InChI=1S/C24H53N7O2.C2H4O2/c25-15-7-5-13-21(27)23(32)30-19-11-3-1-9-17-29-18-10-2-4-12-20-31-24(33)22(28)14-6-8-16-26;1-2(3)4/h21-22,29H,1-20,25-28H2,(H,30,32)(H,31,33);1H3,(H,3,4). The van der Waals surface area contributed by atoms with Crippen molar-refractivity contribution in [3.05, 3.63) is 0 Å². The molecule has 0 heterocycles. The fourth-order valence-corrected chi connectivity index (χ4v) is 3.55. The number of carboxylic acid groups (broad SMARTS) is 1. The highest BCUT2D eigenvalue weighted by atomic mass is 16.4. The van der Waals surface area contributed by atoms with E-state index in [1.54, 1.807) is 0 Å². The maximum Gasteiger partial charge on any atom is 0.300 e. The van der Waals surface area contributed by atoms with Gasteiger partial charge in [0.05, 0.1) is 12.1 Å². The summed E-state index contributed by atoms with van der Waals surface area (Å²) in [6, 6.07) is -0.816. The predicted octanol–water partition coefficient (Wildman–Crippen LogP) is 0.933. The molecule has 0 fully saturated rings. The Balaban J connectivity index is 0. The quantitative estimate of drug-likeness (QED) is 0.0831. The molecule has 0 bridgehead atoms. The number of nitrogens with two attached hydrogens (primary N) is 4. The molecule has 0 aliphatic carbocycles. The lowest BCUT2D eigenvalue weighted by molar-refractivity contribution is -0.134. The number of carbonyl (C=O) groups is 3. The van der Waals surface area contributed by atoms with E-state index in [-0.39, 0.29) is 11.8 Å². The molecule has 0 aliphatic rings. The van der Waals surface area contributed by atoms with E-state index in [2.05, 4.69) is 16.0 Å². The summed E-state index contributed by atoms with van der Waals surface area (Å²) in [5.74, 6) is -0.920. The fraction of sp³-hybridized carbons (Fsp3) is 0.885. The van der Waals surface area contributed by atoms with Crippen LogP contribution in [0.1, 0.15) is 96.8 Å². The Hall–Kier alpha value is -1.79. The molecular formula is C26H57N7O4. The fourth-order valence-electron chi connectivity index (χ4n) is 3.55. The highest BCUT2D eigenvalue weighted by Gasteiger charge is 2.12. The van der Waals surface area contributed by atoms with Crippen LogP contribution in [0.3, 0.4) is 0 Å². The minimum atomic E-state index is -0.833. The van der Waals surface area contributed by atoms with E-state index in [4.69, 9.17) is 32.8 Å². The second-order valence-electron chi connectivity index (χ2n) is 9.46. The number of nitrogens with one attached hydrogen (secondary N) is 3. The molecule has 0 aromatic carbocycles. The molecule has 0 rings (SSSR count). The third-order valence-corrected chi connectivity index (χ3v) is 5.77. The molecule has 0 spiro atoms. The number of aliphatic carboxylic acids is 1. The smallest absolute Gasteiger partial charge is 0.300 e. The minimum Gasteiger partial charge on any atom is -0.481 e. The van der Waals surface area contributed by atoms with E-state index in [0.29, 0.717) is 39.0 Å². The zero-order valence-electron chi connectivity index (χ0n) is 23.3. The summed E-state index contributed by atoms with van der Waals surface area (Å²) in [4.78, 5) is 32.7. The van der Waals surface area contributed by atoms with Crippen molar-refractivity contribution in [1.82, 2.24) is 16.0 Å². The van der Waals surface area contributed by atoms with Gasteiger partial charge in [-0.2, -0.15) is 0 Å². The van der Waals surface area contributed by atoms with Gasteiger partial charge in [-0.3, -0.25) is 14.4 Å². The van der Waals surface area contributed by atoms with Gasteiger partial charge in [0.2, 0.25) is 11.8 Å². The highest BCUT2D eigenvalue weighted by Crippen LogP contribution is 2.02. The molecule has 37 heavy (non-hydrogen) atoms. The Kier molecular flexibility index (Phi) is 29.1. The molecule has 0 saturated carbocycles. The number of hydrogen-bond acceptors (Lipinski definition) is 8. The summed E-state index contributed by atoms with van der Waals surface area (Å²) in [5.41, 5.74) is 22.6. The van der Waals surface area contributed by atoms with Gasteiger partial charge in [0.25, 0.3) is 5.97 Å². The molecule has 0 radical (unpaired) electrons.